The van der Waals surface area contributed by atoms with Gasteiger partial charge in [0.1, 0.15) is 12.4 Å². The number of thiol groups is 1. The van der Waals surface area contributed by atoms with Crippen LogP contribution in [0.15, 0.2) is 54.6 Å². The molecule has 0 atom stereocenters. The molecule has 0 saturated heterocycles. The molecule has 0 aliphatic rings. The summed E-state index contributed by atoms with van der Waals surface area (Å²) in [4.78, 5) is 11.2. The van der Waals surface area contributed by atoms with Gasteiger partial charge in [0.2, 0.25) is 5.91 Å². The fourth-order valence-electron chi connectivity index (χ4n) is 1.58. The Morgan fingerprint density at radius 2 is 1.74 bits per heavy atom. The minimum absolute atomic E-state index is 0.124. The second-order valence-corrected chi connectivity index (χ2v) is 4.32. The number of nitrogens with one attached hydrogen (secondary N) is 1. The van der Waals surface area contributed by atoms with Crippen LogP contribution in [-0.2, 0) is 11.4 Å². The minimum atomic E-state index is -0.124. The molecule has 0 unspecified atom stereocenters. The normalized spacial score (nSPS) is 9.95. The van der Waals surface area contributed by atoms with Crippen molar-refractivity contribution in [3.8, 4) is 5.75 Å². The molecule has 0 aliphatic heterocycles. The summed E-state index contributed by atoms with van der Waals surface area (Å²) >= 11 is 3.90. The fraction of sp³-hybridized carbons (Fsp3) is 0.133. The summed E-state index contributed by atoms with van der Waals surface area (Å²) in [6, 6.07) is 17.2. The molecule has 0 heterocycles. The molecule has 98 valence electrons. The Bertz CT molecular complexity index is 526. The molecular formula is C15H15NO2S. The van der Waals surface area contributed by atoms with E-state index in [-0.39, 0.29) is 11.7 Å². The highest BCUT2D eigenvalue weighted by molar-refractivity contribution is 7.81. The number of ether oxygens (including phenoxy) is 1. The summed E-state index contributed by atoms with van der Waals surface area (Å²) in [6.07, 6.45) is 0. The van der Waals surface area contributed by atoms with Crippen LogP contribution in [0.25, 0.3) is 0 Å². The molecule has 3 nitrogen and oxygen atoms in total. The van der Waals surface area contributed by atoms with Gasteiger partial charge in [-0.3, -0.25) is 4.79 Å². The predicted molar refractivity (Wildman–Crippen MR) is 79.7 cm³/mol. The molecule has 1 amide bonds. The molecule has 0 saturated carbocycles. The lowest BCUT2D eigenvalue weighted by Gasteiger charge is -2.08. The Labute approximate surface area is 118 Å². The first-order valence-electron chi connectivity index (χ1n) is 5.95. The molecular weight excluding hydrogens is 258 g/mol. The number of hydrogen-bond donors (Lipinski definition) is 2. The summed E-state index contributed by atoms with van der Waals surface area (Å²) in [7, 11) is 0. The third-order valence-electron chi connectivity index (χ3n) is 2.53. The second-order valence-electron chi connectivity index (χ2n) is 4.00. The van der Waals surface area contributed by atoms with E-state index in [2.05, 4.69) is 17.9 Å². The van der Waals surface area contributed by atoms with Crippen LogP contribution in [0.1, 0.15) is 5.56 Å². The Hall–Kier alpha value is -1.94. The molecule has 0 spiro atoms. The van der Waals surface area contributed by atoms with Gasteiger partial charge in [-0.05, 0) is 29.8 Å². The van der Waals surface area contributed by atoms with Crippen LogP contribution < -0.4 is 10.1 Å². The average molecular weight is 273 g/mol. The van der Waals surface area contributed by atoms with Gasteiger partial charge in [-0.15, -0.1) is 0 Å². The zero-order valence-corrected chi connectivity index (χ0v) is 11.3. The SMILES string of the molecule is O=C(CS)Nc1ccc(OCc2ccccc2)cc1. The van der Waals surface area contributed by atoms with Crippen LogP contribution >= 0.6 is 12.6 Å². The molecule has 1 N–H and O–H groups in total. The highest BCUT2D eigenvalue weighted by Crippen LogP contribution is 2.17. The van der Waals surface area contributed by atoms with Gasteiger partial charge in [0.05, 0.1) is 5.75 Å². The van der Waals surface area contributed by atoms with Gasteiger partial charge in [0.25, 0.3) is 0 Å². The predicted octanol–water partition coefficient (Wildman–Crippen LogP) is 3.13. The molecule has 0 aliphatic carbocycles. The van der Waals surface area contributed by atoms with E-state index in [0.717, 1.165) is 17.0 Å². The maximum Gasteiger partial charge on any atom is 0.234 e. The van der Waals surface area contributed by atoms with Crippen molar-refractivity contribution in [2.24, 2.45) is 0 Å². The van der Waals surface area contributed by atoms with E-state index in [1.165, 1.54) is 0 Å². The highest BCUT2D eigenvalue weighted by Gasteiger charge is 2.00. The van der Waals surface area contributed by atoms with Crippen LogP contribution in [0.3, 0.4) is 0 Å². The molecule has 2 aromatic rings. The Kier molecular flexibility index (Phi) is 4.86. The Balaban J connectivity index is 1.90. The first-order valence-corrected chi connectivity index (χ1v) is 6.58. The topological polar surface area (TPSA) is 38.3 Å². The van der Waals surface area contributed by atoms with Crippen molar-refractivity contribution in [1.29, 1.82) is 0 Å². The van der Waals surface area contributed by atoms with E-state index in [1.54, 1.807) is 0 Å². The zero-order valence-electron chi connectivity index (χ0n) is 10.4. The molecule has 0 aromatic heterocycles. The quantitative estimate of drug-likeness (QED) is 0.821. The third-order valence-corrected chi connectivity index (χ3v) is 2.82. The van der Waals surface area contributed by atoms with E-state index < -0.39 is 0 Å². The largest absolute Gasteiger partial charge is 0.489 e. The summed E-state index contributed by atoms with van der Waals surface area (Å²) < 4.78 is 5.65. The molecule has 2 aromatic carbocycles. The highest BCUT2D eigenvalue weighted by atomic mass is 32.1. The van der Waals surface area contributed by atoms with Crippen molar-refractivity contribution in [3.05, 3.63) is 60.2 Å². The Morgan fingerprint density at radius 3 is 2.37 bits per heavy atom. The summed E-state index contributed by atoms with van der Waals surface area (Å²) in [6.45, 7) is 0.531. The van der Waals surface area contributed by atoms with Crippen LogP contribution in [0, 0.1) is 0 Å². The van der Waals surface area contributed by atoms with Crippen LogP contribution in [-0.4, -0.2) is 11.7 Å². The van der Waals surface area contributed by atoms with E-state index in [4.69, 9.17) is 4.74 Å². The molecule has 19 heavy (non-hydrogen) atoms. The van der Waals surface area contributed by atoms with E-state index in [1.807, 2.05) is 54.6 Å². The standard InChI is InChI=1S/C15H15NO2S/c17-15(11-19)16-13-6-8-14(9-7-13)18-10-12-4-2-1-3-5-12/h1-9,19H,10-11H2,(H,16,17). The van der Waals surface area contributed by atoms with E-state index >= 15 is 0 Å². The summed E-state index contributed by atoms with van der Waals surface area (Å²) in [5.74, 6) is 0.820. The van der Waals surface area contributed by atoms with Crippen molar-refractivity contribution in [2.45, 2.75) is 6.61 Å². The van der Waals surface area contributed by atoms with Gasteiger partial charge < -0.3 is 10.1 Å². The van der Waals surface area contributed by atoms with Gasteiger partial charge in [0, 0.05) is 5.69 Å². The van der Waals surface area contributed by atoms with Crippen LogP contribution in [0.5, 0.6) is 5.75 Å². The lowest BCUT2D eigenvalue weighted by atomic mass is 10.2. The number of carbonyl (C=O) groups excluding carboxylic acids is 1. The smallest absolute Gasteiger partial charge is 0.234 e. The summed E-state index contributed by atoms with van der Waals surface area (Å²) in [5, 5.41) is 2.72. The van der Waals surface area contributed by atoms with E-state index in [0.29, 0.717) is 6.61 Å². The van der Waals surface area contributed by atoms with Crippen LogP contribution in [0.2, 0.25) is 0 Å². The first-order chi connectivity index (χ1) is 9.28. The number of amides is 1. The van der Waals surface area contributed by atoms with Crippen molar-refractivity contribution in [3.63, 3.8) is 0 Å². The fourth-order valence-corrected chi connectivity index (χ4v) is 1.65. The third kappa shape index (κ3) is 4.34. The maximum absolute atomic E-state index is 11.2. The van der Waals surface area contributed by atoms with Gasteiger partial charge in [-0.1, -0.05) is 30.3 Å². The summed E-state index contributed by atoms with van der Waals surface area (Å²) in [5.41, 5.74) is 1.86. The lowest BCUT2D eigenvalue weighted by molar-refractivity contribution is -0.113. The first kappa shape index (κ1) is 13.5. The number of hydrogen-bond acceptors (Lipinski definition) is 3. The Morgan fingerprint density at radius 1 is 1.05 bits per heavy atom. The number of carbonyl (C=O) groups is 1. The molecule has 0 bridgehead atoms. The number of benzene rings is 2. The van der Waals surface area contributed by atoms with Gasteiger partial charge in [-0.25, -0.2) is 0 Å². The lowest BCUT2D eigenvalue weighted by Crippen LogP contribution is -2.12. The van der Waals surface area contributed by atoms with Crippen molar-refractivity contribution >= 4 is 24.2 Å². The van der Waals surface area contributed by atoms with E-state index in [9.17, 15) is 4.79 Å². The van der Waals surface area contributed by atoms with Gasteiger partial charge >= 0.3 is 0 Å². The molecule has 4 heteroatoms. The minimum Gasteiger partial charge on any atom is -0.489 e. The average Bonchev–Trinajstić information content (AvgIpc) is 2.47. The van der Waals surface area contributed by atoms with Crippen molar-refractivity contribution in [2.75, 3.05) is 11.1 Å². The van der Waals surface area contributed by atoms with Crippen molar-refractivity contribution < 1.29 is 9.53 Å². The zero-order chi connectivity index (χ0) is 13.5. The molecule has 0 fully saturated rings. The monoisotopic (exact) mass is 273 g/mol. The van der Waals surface area contributed by atoms with Gasteiger partial charge in [-0.2, -0.15) is 12.6 Å². The number of rotatable bonds is 5. The maximum atomic E-state index is 11.2. The molecule has 0 radical (unpaired) electrons. The van der Waals surface area contributed by atoms with Crippen molar-refractivity contribution in [1.82, 2.24) is 0 Å². The second kappa shape index (κ2) is 6.85. The molecule has 2 rings (SSSR count). The van der Waals surface area contributed by atoms with Gasteiger partial charge in [0.15, 0.2) is 0 Å². The van der Waals surface area contributed by atoms with Crippen LogP contribution in [0.4, 0.5) is 5.69 Å². The number of anilines is 1.